The van der Waals surface area contributed by atoms with Gasteiger partial charge < -0.3 is 9.30 Å². The standard InChI is InChI=1S/C25H27N7O2/c1-6-32-22(17-11-26-15(4)27-12-17)31-21-20(28-13-29-23(21)32)16-7-8-19-18(9-16)25(5,10-14(2)3)34-24(33)30-19/h7-9,11-14H,6,10H2,1-5H3,(H,30,33)/t25-/m0/s1. The van der Waals surface area contributed by atoms with Crippen molar-refractivity contribution >= 4 is 22.9 Å². The summed E-state index contributed by atoms with van der Waals surface area (Å²) >= 11 is 0. The van der Waals surface area contributed by atoms with Gasteiger partial charge in [-0.15, -0.1) is 0 Å². The number of nitrogens with one attached hydrogen (secondary N) is 1. The highest BCUT2D eigenvalue weighted by molar-refractivity contribution is 5.93. The molecule has 9 heteroatoms. The molecule has 1 N–H and O–H groups in total. The van der Waals surface area contributed by atoms with E-state index in [1.165, 1.54) is 0 Å². The van der Waals surface area contributed by atoms with E-state index in [1.807, 2.05) is 36.6 Å². The Labute approximate surface area is 197 Å². The lowest BCUT2D eigenvalue weighted by molar-refractivity contribution is 0.0104. The number of carbonyl (C=O) groups is 1. The van der Waals surface area contributed by atoms with Crippen molar-refractivity contribution in [2.45, 2.75) is 53.2 Å². The summed E-state index contributed by atoms with van der Waals surface area (Å²) in [7, 11) is 0. The lowest BCUT2D eigenvalue weighted by Gasteiger charge is -2.37. The lowest BCUT2D eigenvalue weighted by Crippen LogP contribution is -2.38. The maximum absolute atomic E-state index is 12.2. The number of hydrogen-bond acceptors (Lipinski definition) is 7. The van der Waals surface area contributed by atoms with E-state index in [2.05, 4.69) is 46.0 Å². The first kappa shape index (κ1) is 21.9. The van der Waals surface area contributed by atoms with E-state index in [0.29, 0.717) is 30.2 Å². The molecule has 1 atom stereocenters. The molecule has 0 radical (unpaired) electrons. The van der Waals surface area contributed by atoms with Crippen LogP contribution in [0.3, 0.4) is 0 Å². The first-order valence-electron chi connectivity index (χ1n) is 11.4. The number of rotatable bonds is 5. The second kappa shape index (κ2) is 8.16. The number of amides is 1. The fourth-order valence-corrected chi connectivity index (χ4v) is 4.74. The van der Waals surface area contributed by atoms with Crippen LogP contribution in [0.15, 0.2) is 36.9 Å². The largest absolute Gasteiger partial charge is 0.438 e. The number of nitrogens with zero attached hydrogens (tertiary/aromatic N) is 6. The van der Waals surface area contributed by atoms with Gasteiger partial charge >= 0.3 is 6.09 Å². The van der Waals surface area contributed by atoms with E-state index in [0.717, 1.165) is 39.5 Å². The molecule has 4 aromatic rings. The number of fused-ring (bicyclic) bond motifs is 2. The summed E-state index contributed by atoms with van der Waals surface area (Å²) in [4.78, 5) is 34.9. The molecule has 0 unspecified atom stereocenters. The van der Waals surface area contributed by atoms with Gasteiger partial charge in [-0.3, -0.25) is 5.32 Å². The minimum Gasteiger partial charge on any atom is -0.438 e. The van der Waals surface area contributed by atoms with Gasteiger partial charge in [0.1, 0.15) is 34.8 Å². The molecule has 1 aromatic carbocycles. The fraction of sp³-hybridized carbons (Fsp3) is 0.360. The lowest BCUT2D eigenvalue weighted by atomic mass is 9.84. The second-order valence-corrected chi connectivity index (χ2v) is 9.20. The van der Waals surface area contributed by atoms with E-state index in [9.17, 15) is 4.79 Å². The van der Waals surface area contributed by atoms with Crippen LogP contribution in [-0.4, -0.2) is 35.6 Å². The van der Waals surface area contributed by atoms with Crippen LogP contribution in [0.1, 0.15) is 45.5 Å². The fourth-order valence-electron chi connectivity index (χ4n) is 4.74. The molecule has 0 bridgehead atoms. The quantitative estimate of drug-likeness (QED) is 0.444. The van der Waals surface area contributed by atoms with Crippen LogP contribution in [0.25, 0.3) is 33.8 Å². The summed E-state index contributed by atoms with van der Waals surface area (Å²) in [6.45, 7) is 10.8. The molecular formula is C25H27N7O2. The number of aryl methyl sites for hydroxylation is 2. The summed E-state index contributed by atoms with van der Waals surface area (Å²) in [6, 6.07) is 5.89. The predicted octanol–water partition coefficient (Wildman–Crippen LogP) is 5.10. The first-order valence-corrected chi connectivity index (χ1v) is 11.4. The maximum atomic E-state index is 12.2. The molecule has 3 aromatic heterocycles. The van der Waals surface area contributed by atoms with Gasteiger partial charge in [-0.1, -0.05) is 19.9 Å². The molecule has 9 nitrogen and oxygen atoms in total. The monoisotopic (exact) mass is 457 g/mol. The van der Waals surface area contributed by atoms with Gasteiger partial charge in [0.05, 0.1) is 11.3 Å². The molecule has 1 aliphatic heterocycles. The van der Waals surface area contributed by atoms with Gasteiger partial charge in [0.2, 0.25) is 0 Å². The summed E-state index contributed by atoms with van der Waals surface area (Å²) in [6.07, 6.45) is 5.39. The van der Waals surface area contributed by atoms with E-state index in [-0.39, 0.29) is 0 Å². The van der Waals surface area contributed by atoms with Crippen molar-refractivity contribution in [3.05, 3.63) is 48.3 Å². The molecule has 5 rings (SSSR count). The third-order valence-electron chi connectivity index (χ3n) is 6.10. The number of imidazole rings is 1. The Hall–Kier alpha value is -3.88. The van der Waals surface area contributed by atoms with Crippen LogP contribution >= 0.6 is 0 Å². The van der Waals surface area contributed by atoms with Crippen LogP contribution in [0, 0.1) is 12.8 Å². The van der Waals surface area contributed by atoms with Crippen molar-refractivity contribution in [3.63, 3.8) is 0 Å². The van der Waals surface area contributed by atoms with E-state index < -0.39 is 11.7 Å². The first-order chi connectivity index (χ1) is 16.3. The maximum Gasteiger partial charge on any atom is 0.412 e. The average molecular weight is 458 g/mol. The highest BCUT2D eigenvalue weighted by Crippen LogP contribution is 2.42. The second-order valence-electron chi connectivity index (χ2n) is 9.20. The topological polar surface area (TPSA) is 108 Å². The molecule has 1 aliphatic rings. The van der Waals surface area contributed by atoms with Crippen molar-refractivity contribution in [1.29, 1.82) is 0 Å². The van der Waals surface area contributed by atoms with Crippen molar-refractivity contribution in [2.24, 2.45) is 5.92 Å². The molecule has 174 valence electrons. The zero-order chi connectivity index (χ0) is 24.0. The molecule has 4 heterocycles. The molecule has 0 aliphatic carbocycles. The highest BCUT2D eigenvalue weighted by Gasteiger charge is 2.38. The summed E-state index contributed by atoms with van der Waals surface area (Å²) < 4.78 is 7.82. The van der Waals surface area contributed by atoms with Crippen LogP contribution in [0.5, 0.6) is 0 Å². The van der Waals surface area contributed by atoms with Crippen molar-refractivity contribution in [1.82, 2.24) is 29.5 Å². The SMILES string of the molecule is CCn1c(-c2cnc(C)nc2)nc2c(-c3ccc4c(c3)[C@](C)(CC(C)C)OC(=O)N4)ncnc21. The van der Waals surface area contributed by atoms with Gasteiger partial charge in [-0.05, 0) is 45.2 Å². The Bertz CT molecular complexity index is 1390. The van der Waals surface area contributed by atoms with E-state index in [4.69, 9.17) is 9.72 Å². The number of hydrogen-bond donors (Lipinski definition) is 1. The third-order valence-corrected chi connectivity index (χ3v) is 6.10. The molecule has 1 amide bonds. The van der Waals surface area contributed by atoms with E-state index >= 15 is 0 Å². The minimum absolute atomic E-state index is 0.345. The summed E-state index contributed by atoms with van der Waals surface area (Å²) in [5.41, 5.74) is 4.81. The van der Waals surface area contributed by atoms with Gasteiger partial charge in [-0.25, -0.2) is 29.7 Å². The number of aromatic nitrogens is 6. The van der Waals surface area contributed by atoms with Gasteiger partial charge in [0.25, 0.3) is 0 Å². The zero-order valence-electron chi connectivity index (χ0n) is 20.0. The van der Waals surface area contributed by atoms with Gasteiger partial charge in [-0.2, -0.15) is 0 Å². The Balaban J connectivity index is 1.68. The van der Waals surface area contributed by atoms with Crippen molar-refractivity contribution in [3.8, 4) is 22.6 Å². The van der Waals surface area contributed by atoms with Gasteiger partial charge in [0.15, 0.2) is 5.65 Å². The Kier molecular flexibility index (Phi) is 5.27. The van der Waals surface area contributed by atoms with Crippen LogP contribution in [-0.2, 0) is 16.9 Å². The normalized spacial score (nSPS) is 17.5. The average Bonchev–Trinajstić information content (AvgIpc) is 3.17. The van der Waals surface area contributed by atoms with E-state index in [1.54, 1.807) is 18.7 Å². The number of cyclic esters (lactones) is 1. The van der Waals surface area contributed by atoms with Gasteiger partial charge in [0, 0.05) is 30.1 Å². The Morgan fingerprint density at radius 1 is 1.12 bits per heavy atom. The number of carbonyl (C=O) groups excluding carboxylic acids is 1. The molecule has 0 spiro atoms. The summed E-state index contributed by atoms with van der Waals surface area (Å²) in [5.74, 6) is 1.80. The molecular weight excluding hydrogens is 430 g/mol. The Morgan fingerprint density at radius 3 is 2.59 bits per heavy atom. The molecule has 0 saturated heterocycles. The smallest absolute Gasteiger partial charge is 0.412 e. The number of anilines is 1. The summed E-state index contributed by atoms with van der Waals surface area (Å²) in [5, 5.41) is 2.83. The predicted molar refractivity (Wildman–Crippen MR) is 129 cm³/mol. The minimum atomic E-state index is -0.735. The van der Waals surface area contributed by atoms with Crippen LogP contribution in [0.2, 0.25) is 0 Å². The number of ether oxygens (including phenoxy) is 1. The van der Waals surface area contributed by atoms with Crippen LogP contribution < -0.4 is 5.32 Å². The van der Waals surface area contributed by atoms with Crippen molar-refractivity contribution in [2.75, 3.05) is 5.32 Å². The molecule has 34 heavy (non-hydrogen) atoms. The molecule has 0 saturated carbocycles. The van der Waals surface area contributed by atoms with Crippen LogP contribution in [0.4, 0.5) is 10.5 Å². The highest BCUT2D eigenvalue weighted by atomic mass is 16.6. The number of benzene rings is 1. The molecule has 0 fully saturated rings. The Morgan fingerprint density at radius 2 is 1.88 bits per heavy atom. The third kappa shape index (κ3) is 3.67. The van der Waals surface area contributed by atoms with Crippen molar-refractivity contribution < 1.29 is 9.53 Å². The zero-order valence-corrected chi connectivity index (χ0v) is 20.0.